The minimum atomic E-state index is -0.749. The van der Waals surface area contributed by atoms with Crippen LogP contribution in [0.3, 0.4) is 0 Å². The maximum atomic E-state index is 12.9. The van der Waals surface area contributed by atoms with Crippen molar-refractivity contribution < 1.29 is 24.2 Å². The van der Waals surface area contributed by atoms with E-state index in [2.05, 4.69) is 11.1 Å². The molecule has 7 heteroatoms. The summed E-state index contributed by atoms with van der Waals surface area (Å²) in [6.45, 7) is 2.91. The van der Waals surface area contributed by atoms with Crippen molar-refractivity contribution in [2.45, 2.75) is 19.6 Å². The topological polar surface area (TPSA) is 89.0 Å². The Bertz CT molecular complexity index is 1210. The second-order valence-corrected chi connectivity index (χ2v) is 8.07. The van der Waals surface area contributed by atoms with Gasteiger partial charge in [-0.3, -0.25) is 14.6 Å². The minimum absolute atomic E-state index is 0.0301. The molecular weight excluding hydrogens is 432 g/mol. The van der Waals surface area contributed by atoms with Crippen LogP contribution in [0.5, 0.6) is 5.75 Å². The van der Waals surface area contributed by atoms with Crippen molar-refractivity contribution in [3.8, 4) is 5.75 Å². The van der Waals surface area contributed by atoms with Gasteiger partial charge in [0.15, 0.2) is 0 Å². The summed E-state index contributed by atoms with van der Waals surface area (Å²) >= 11 is 0. The number of rotatable bonds is 8. The van der Waals surface area contributed by atoms with Crippen molar-refractivity contribution in [3.63, 3.8) is 0 Å². The number of ketones is 1. The van der Waals surface area contributed by atoms with Gasteiger partial charge in [-0.15, -0.1) is 0 Å². The first-order chi connectivity index (χ1) is 16.5. The minimum Gasteiger partial charge on any atom is -0.507 e. The highest BCUT2D eigenvalue weighted by atomic mass is 16.5. The van der Waals surface area contributed by atoms with Crippen molar-refractivity contribution >= 4 is 17.4 Å². The van der Waals surface area contributed by atoms with E-state index < -0.39 is 17.7 Å². The van der Waals surface area contributed by atoms with Gasteiger partial charge >= 0.3 is 0 Å². The molecule has 0 aliphatic carbocycles. The number of aromatic nitrogens is 1. The molecule has 2 aromatic carbocycles. The van der Waals surface area contributed by atoms with Gasteiger partial charge in [-0.2, -0.15) is 0 Å². The van der Waals surface area contributed by atoms with Crippen molar-refractivity contribution in [3.05, 3.63) is 101 Å². The lowest BCUT2D eigenvalue weighted by atomic mass is 9.96. The van der Waals surface area contributed by atoms with Crippen LogP contribution in [-0.2, 0) is 20.9 Å². The summed E-state index contributed by atoms with van der Waals surface area (Å²) in [6.07, 6.45) is 3.20. The number of aryl methyl sites for hydroxylation is 1. The monoisotopic (exact) mass is 458 g/mol. The first-order valence-corrected chi connectivity index (χ1v) is 11.0. The van der Waals surface area contributed by atoms with Gasteiger partial charge in [-0.1, -0.05) is 35.9 Å². The van der Waals surface area contributed by atoms with Gasteiger partial charge in [0.2, 0.25) is 0 Å². The molecule has 1 aromatic heterocycles. The van der Waals surface area contributed by atoms with Gasteiger partial charge in [0.1, 0.15) is 18.1 Å². The smallest absolute Gasteiger partial charge is 0.295 e. The van der Waals surface area contributed by atoms with Crippen LogP contribution in [-0.4, -0.2) is 46.9 Å². The summed E-state index contributed by atoms with van der Waals surface area (Å²) in [5, 5.41) is 11.1. The van der Waals surface area contributed by atoms with Gasteiger partial charge in [-0.25, -0.2) is 0 Å². The lowest BCUT2D eigenvalue weighted by Gasteiger charge is -2.24. The molecule has 0 unspecified atom stereocenters. The summed E-state index contributed by atoms with van der Waals surface area (Å²) in [5.74, 6) is -1.02. The maximum Gasteiger partial charge on any atom is 0.295 e. The third-order valence-corrected chi connectivity index (χ3v) is 5.69. The predicted molar refractivity (Wildman–Crippen MR) is 127 cm³/mol. The zero-order valence-electron chi connectivity index (χ0n) is 19.1. The lowest BCUT2D eigenvalue weighted by Crippen LogP contribution is -2.32. The predicted octanol–water partition coefficient (Wildman–Crippen LogP) is 4.04. The molecule has 0 saturated carbocycles. The summed E-state index contributed by atoms with van der Waals surface area (Å²) in [4.78, 5) is 31.2. The number of methoxy groups -OCH3 is 1. The largest absolute Gasteiger partial charge is 0.507 e. The maximum absolute atomic E-state index is 12.9. The Morgan fingerprint density at radius 1 is 1.09 bits per heavy atom. The Morgan fingerprint density at radius 2 is 1.88 bits per heavy atom. The number of Topliss-reactive ketones (excluding diaryl/α,β-unsaturated/α-hetero) is 1. The van der Waals surface area contributed by atoms with Crippen molar-refractivity contribution in [1.29, 1.82) is 0 Å². The molecule has 1 aliphatic heterocycles. The van der Waals surface area contributed by atoms with Crippen LogP contribution in [0.25, 0.3) is 5.76 Å². The molecular formula is C27H26N2O5. The first kappa shape index (κ1) is 23.2. The van der Waals surface area contributed by atoms with Crippen molar-refractivity contribution in [2.24, 2.45) is 0 Å². The zero-order chi connectivity index (χ0) is 24.1. The Balaban J connectivity index is 1.62. The number of carbonyl (C=O) groups excluding carboxylic acids is 2. The number of hydrogen-bond donors (Lipinski definition) is 1. The number of aliphatic hydroxyl groups excluding tert-OH is 1. The summed E-state index contributed by atoms with van der Waals surface area (Å²) < 4.78 is 11.0. The molecule has 3 aromatic rings. The molecule has 2 heterocycles. The van der Waals surface area contributed by atoms with Crippen LogP contribution in [0.1, 0.15) is 28.3 Å². The summed E-state index contributed by atoms with van der Waals surface area (Å²) in [6, 6.07) is 17.6. The van der Waals surface area contributed by atoms with Crippen molar-refractivity contribution in [1.82, 2.24) is 9.88 Å². The number of aliphatic hydroxyl groups is 1. The fourth-order valence-electron chi connectivity index (χ4n) is 4.02. The summed E-state index contributed by atoms with van der Waals surface area (Å²) in [5.41, 5.74) is 3.30. The van der Waals surface area contributed by atoms with Crippen LogP contribution in [0.4, 0.5) is 0 Å². The van der Waals surface area contributed by atoms with Gasteiger partial charge in [0.05, 0.1) is 18.2 Å². The molecule has 1 amide bonds. The number of likely N-dealkylation sites (tertiary alicyclic amines) is 1. The fraction of sp³-hybridized carbons (Fsp3) is 0.222. The molecule has 174 valence electrons. The highest BCUT2D eigenvalue weighted by Crippen LogP contribution is 2.39. The Kier molecular flexibility index (Phi) is 7.04. The third kappa shape index (κ3) is 4.84. The molecule has 1 aliphatic rings. The molecule has 7 nitrogen and oxygen atoms in total. The average molecular weight is 459 g/mol. The highest BCUT2D eigenvalue weighted by Gasteiger charge is 2.45. The molecule has 1 N–H and O–H groups in total. The van der Waals surface area contributed by atoms with E-state index in [1.165, 1.54) is 12.0 Å². The number of ether oxygens (including phenoxy) is 2. The number of pyridine rings is 1. The summed E-state index contributed by atoms with van der Waals surface area (Å²) in [7, 11) is 1.53. The Labute approximate surface area is 198 Å². The van der Waals surface area contributed by atoms with Gasteiger partial charge in [0.25, 0.3) is 11.7 Å². The van der Waals surface area contributed by atoms with Crippen LogP contribution in [0.2, 0.25) is 0 Å². The van der Waals surface area contributed by atoms with Crippen molar-refractivity contribution in [2.75, 3.05) is 20.3 Å². The fourth-order valence-corrected chi connectivity index (χ4v) is 4.02. The van der Waals surface area contributed by atoms with E-state index in [4.69, 9.17) is 9.47 Å². The SMILES string of the molecule is COCCN1C(=O)C(=O)/C(=C(/O)c2ccc(OCc3cccc(C)c3)cc2)[C@H]1c1cccnc1. The Hall–Kier alpha value is -3.97. The molecule has 1 atom stereocenters. The molecule has 34 heavy (non-hydrogen) atoms. The van der Waals surface area contributed by atoms with E-state index >= 15 is 0 Å². The molecule has 1 saturated heterocycles. The number of nitrogens with zero attached hydrogens (tertiary/aromatic N) is 2. The second-order valence-electron chi connectivity index (χ2n) is 8.07. The zero-order valence-corrected chi connectivity index (χ0v) is 19.1. The third-order valence-electron chi connectivity index (χ3n) is 5.69. The number of amides is 1. The highest BCUT2D eigenvalue weighted by molar-refractivity contribution is 6.46. The van der Waals surface area contributed by atoms with E-state index in [0.29, 0.717) is 23.5 Å². The van der Waals surface area contributed by atoms with E-state index in [0.717, 1.165) is 11.1 Å². The Morgan fingerprint density at radius 3 is 2.56 bits per heavy atom. The number of benzene rings is 2. The quantitative estimate of drug-likeness (QED) is 0.311. The molecule has 0 radical (unpaired) electrons. The molecule has 4 rings (SSSR count). The first-order valence-electron chi connectivity index (χ1n) is 11.0. The normalized spacial score (nSPS) is 17.2. The van der Waals surface area contributed by atoms with Crippen LogP contribution in [0.15, 0.2) is 78.6 Å². The van der Waals surface area contributed by atoms with E-state index in [1.807, 2.05) is 25.1 Å². The van der Waals surface area contributed by atoms with E-state index in [9.17, 15) is 14.7 Å². The lowest BCUT2D eigenvalue weighted by molar-refractivity contribution is -0.140. The average Bonchev–Trinajstić information content (AvgIpc) is 3.11. The van der Waals surface area contributed by atoms with Crippen LogP contribution < -0.4 is 4.74 Å². The van der Waals surface area contributed by atoms with Gasteiger partial charge in [0, 0.05) is 31.6 Å². The molecule has 0 spiro atoms. The van der Waals surface area contributed by atoms with Gasteiger partial charge < -0.3 is 19.5 Å². The van der Waals surface area contributed by atoms with E-state index in [-0.39, 0.29) is 24.5 Å². The van der Waals surface area contributed by atoms with Crippen LogP contribution in [0, 0.1) is 6.92 Å². The molecule has 1 fully saturated rings. The van der Waals surface area contributed by atoms with Crippen LogP contribution >= 0.6 is 0 Å². The second kappa shape index (κ2) is 10.3. The standard InChI is InChI=1S/C27H26N2O5/c1-18-5-3-6-19(15-18)17-34-22-10-8-20(9-11-22)25(30)23-24(21-7-4-12-28-16-21)29(13-14-33-2)27(32)26(23)31/h3-12,15-16,24,30H,13-14,17H2,1-2H3/b25-23+/t24-/m1/s1. The number of carbonyl (C=O) groups is 2. The van der Waals surface area contributed by atoms with E-state index in [1.54, 1.807) is 48.8 Å². The number of hydrogen-bond acceptors (Lipinski definition) is 6. The van der Waals surface area contributed by atoms with Gasteiger partial charge in [-0.05, 0) is 48.4 Å². The molecule has 0 bridgehead atoms.